The van der Waals surface area contributed by atoms with E-state index in [9.17, 15) is 4.79 Å². The summed E-state index contributed by atoms with van der Waals surface area (Å²) < 4.78 is 12.5. The van der Waals surface area contributed by atoms with Gasteiger partial charge in [-0.25, -0.2) is 4.68 Å². The van der Waals surface area contributed by atoms with E-state index < -0.39 is 0 Å². The van der Waals surface area contributed by atoms with Gasteiger partial charge in [-0.15, -0.1) is 0 Å². The van der Waals surface area contributed by atoms with Gasteiger partial charge in [-0.3, -0.25) is 4.79 Å². The van der Waals surface area contributed by atoms with E-state index >= 15 is 0 Å². The van der Waals surface area contributed by atoms with E-state index in [1.807, 2.05) is 71.5 Å². The Hall–Kier alpha value is -4.06. The number of amides is 1. The quantitative estimate of drug-likeness (QED) is 0.469. The molecule has 0 fully saturated rings. The summed E-state index contributed by atoms with van der Waals surface area (Å²) in [5, 5.41) is 7.69. The highest BCUT2D eigenvalue weighted by Crippen LogP contribution is 2.23. The van der Waals surface area contributed by atoms with Crippen LogP contribution in [0.4, 0.5) is 0 Å². The molecule has 0 radical (unpaired) electrons. The first-order chi connectivity index (χ1) is 15.2. The third-order valence-electron chi connectivity index (χ3n) is 4.76. The van der Waals surface area contributed by atoms with Gasteiger partial charge in [-0.2, -0.15) is 5.10 Å². The van der Waals surface area contributed by atoms with E-state index in [0.717, 1.165) is 28.3 Å². The second-order valence-electron chi connectivity index (χ2n) is 6.89. The highest BCUT2D eigenvalue weighted by molar-refractivity contribution is 5.78. The topological polar surface area (TPSA) is 65.4 Å². The molecule has 1 aromatic heterocycles. The van der Waals surface area contributed by atoms with Crippen LogP contribution in [0.1, 0.15) is 5.56 Å². The number of hydrogen-bond donors (Lipinski definition) is 1. The SMILES string of the molecule is COc1ccc(OCC(=O)NCc2cn(-c3ccccc3)nc2-c2ccccc2)cc1. The summed E-state index contributed by atoms with van der Waals surface area (Å²) in [5.74, 6) is 1.14. The number of benzene rings is 3. The summed E-state index contributed by atoms with van der Waals surface area (Å²) in [4.78, 5) is 12.3. The third kappa shape index (κ3) is 5.11. The van der Waals surface area contributed by atoms with Crippen molar-refractivity contribution in [2.75, 3.05) is 13.7 Å². The van der Waals surface area contributed by atoms with Crippen LogP contribution in [-0.4, -0.2) is 29.4 Å². The van der Waals surface area contributed by atoms with Crippen LogP contribution in [0.3, 0.4) is 0 Å². The number of nitrogens with zero attached hydrogens (tertiary/aromatic N) is 2. The van der Waals surface area contributed by atoms with Gasteiger partial charge in [0.1, 0.15) is 11.5 Å². The molecular formula is C25H23N3O3. The molecule has 1 amide bonds. The van der Waals surface area contributed by atoms with Gasteiger partial charge < -0.3 is 14.8 Å². The van der Waals surface area contributed by atoms with Crippen LogP contribution in [0.2, 0.25) is 0 Å². The van der Waals surface area contributed by atoms with Gasteiger partial charge in [0.15, 0.2) is 6.61 Å². The molecule has 156 valence electrons. The number of methoxy groups -OCH3 is 1. The van der Waals surface area contributed by atoms with Gasteiger partial charge >= 0.3 is 0 Å². The Morgan fingerprint density at radius 1 is 0.903 bits per heavy atom. The van der Waals surface area contributed by atoms with Crippen molar-refractivity contribution in [3.05, 3.63) is 96.7 Å². The first kappa shape index (κ1) is 20.2. The Kier molecular flexibility index (Phi) is 6.28. The molecule has 0 aliphatic heterocycles. The maximum absolute atomic E-state index is 12.3. The number of carbonyl (C=O) groups is 1. The van der Waals surface area contributed by atoms with Gasteiger partial charge in [0.25, 0.3) is 5.91 Å². The van der Waals surface area contributed by atoms with Crippen LogP contribution >= 0.6 is 0 Å². The molecule has 6 heteroatoms. The van der Waals surface area contributed by atoms with E-state index in [4.69, 9.17) is 14.6 Å². The number of hydrogen-bond acceptors (Lipinski definition) is 4. The van der Waals surface area contributed by atoms with Crippen LogP contribution in [0, 0.1) is 0 Å². The smallest absolute Gasteiger partial charge is 0.258 e. The molecule has 4 aromatic rings. The van der Waals surface area contributed by atoms with Crippen LogP contribution in [0.5, 0.6) is 11.5 Å². The van der Waals surface area contributed by atoms with Crippen molar-refractivity contribution in [3.63, 3.8) is 0 Å². The maximum Gasteiger partial charge on any atom is 0.258 e. The number of ether oxygens (including phenoxy) is 2. The average molecular weight is 413 g/mol. The number of carbonyl (C=O) groups excluding carboxylic acids is 1. The minimum absolute atomic E-state index is 0.0696. The van der Waals surface area contributed by atoms with Crippen molar-refractivity contribution in [3.8, 4) is 28.4 Å². The summed E-state index contributed by atoms with van der Waals surface area (Å²) >= 11 is 0. The van der Waals surface area contributed by atoms with Gasteiger partial charge in [-0.05, 0) is 36.4 Å². The van der Waals surface area contributed by atoms with E-state index in [2.05, 4.69) is 5.32 Å². The summed E-state index contributed by atoms with van der Waals surface area (Å²) in [6, 6.07) is 26.9. The Morgan fingerprint density at radius 2 is 1.55 bits per heavy atom. The lowest BCUT2D eigenvalue weighted by Gasteiger charge is -2.08. The Balaban J connectivity index is 1.45. The average Bonchev–Trinajstić information content (AvgIpc) is 3.27. The lowest BCUT2D eigenvalue weighted by atomic mass is 10.1. The van der Waals surface area contributed by atoms with Crippen molar-refractivity contribution in [1.29, 1.82) is 0 Å². The molecule has 0 aliphatic rings. The zero-order chi connectivity index (χ0) is 21.5. The minimum Gasteiger partial charge on any atom is -0.497 e. The minimum atomic E-state index is -0.206. The van der Waals surface area contributed by atoms with Crippen molar-refractivity contribution in [2.24, 2.45) is 0 Å². The molecule has 3 aromatic carbocycles. The lowest BCUT2D eigenvalue weighted by Crippen LogP contribution is -2.28. The standard InChI is InChI=1S/C25H23N3O3/c1-30-22-12-14-23(15-13-22)31-18-24(29)26-16-20-17-28(21-10-6-3-7-11-21)27-25(20)19-8-4-2-5-9-19/h2-15,17H,16,18H2,1H3,(H,26,29). The Bertz CT molecular complexity index is 1120. The predicted molar refractivity (Wildman–Crippen MR) is 119 cm³/mol. The predicted octanol–water partition coefficient (Wildman–Crippen LogP) is 4.24. The fraction of sp³-hybridized carbons (Fsp3) is 0.120. The normalized spacial score (nSPS) is 10.5. The molecule has 31 heavy (non-hydrogen) atoms. The summed E-state index contributed by atoms with van der Waals surface area (Å²) in [7, 11) is 1.60. The second kappa shape index (κ2) is 9.63. The number of rotatable bonds is 8. The van der Waals surface area contributed by atoms with Crippen molar-refractivity contribution in [1.82, 2.24) is 15.1 Å². The highest BCUT2D eigenvalue weighted by Gasteiger charge is 2.13. The molecule has 0 unspecified atom stereocenters. The van der Waals surface area contributed by atoms with Crippen molar-refractivity contribution >= 4 is 5.91 Å². The summed E-state index contributed by atoms with van der Waals surface area (Å²) in [6.07, 6.45) is 1.95. The van der Waals surface area contributed by atoms with E-state index in [0.29, 0.717) is 12.3 Å². The molecule has 0 saturated heterocycles. The van der Waals surface area contributed by atoms with Crippen molar-refractivity contribution < 1.29 is 14.3 Å². The molecule has 4 rings (SSSR count). The van der Waals surface area contributed by atoms with E-state index in [1.165, 1.54) is 0 Å². The molecule has 6 nitrogen and oxygen atoms in total. The largest absolute Gasteiger partial charge is 0.497 e. The number of para-hydroxylation sites is 1. The second-order valence-corrected chi connectivity index (χ2v) is 6.89. The summed E-state index contributed by atoms with van der Waals surface area (Å²) in [5.41, 5.74) is 3.71. The number of aromatic nitrogens is 2. The molecule has 0 saturated carbocycles. The maximum atomic E-state index is 12.3. The molecule has 0 aliphatic carbocycles. The monoisotopic (exact) mass is 413 g/mol. The van der Waals surface area contributed by atoms with E-state index in [-0.39, 0.29) is 12.5 Å². The highest BCUT2D eigenvalue weighted by atomic mass is 16.5. The summed E-state index contributed by atoms with van der Waals surface area (Å²) in [6.45, 7) is 0.279. The van der Waals surface area contributed by atoms with Crippen molar-refractivity contribution in [2.45, 2.75) is 6.54 Å². The van der Waals surface area contributed by atoms with Gasteiger partial charge in [-0.1, -0.05) is 48.5 Å². The first-order valence-electron chi connectivity index (χ1n) is 9.96. The zero-order valence-electron chi connectivity index (χ0n) is 17.2. The van der Waals surface area contributed by atoms with Crippen LogP contribution in [-0.2, 0) is 11.3 Å². The molecule has 1 N–H and O–H groups in total. The number of nitrogens with one attached hydrogen (secondary N) is 1. The zero-order valence-corrected chi connectivity index (χ0v) is 17.2. The molecule has 1 heterocycles. The van der Waals surface area contributed by atoms with Gasteiger partial charge in [0.2, 0.25) is 0 Å². The fourth-order valence-electron chi connectivity index (χ4n) is 3.16. The Labute approximate surface area is 181 Å². The van der Waals surface area contributed by atoms with Crippen LogP contribution < -0.4 is 14.8 Å². The first-order valence-corrected chi connectivity index (χ1v) is 9.96. The molecule has 0 atom stereocenters. The molecule has 0 spiro atoms. The lowest BCUT2D eigenvalue weighted by molar-refractivity contribution is -0.123. The molecular weight excluding hydrogens is 390 g/mol. The van der Waals surface area contributed by atoms with Gasteiger partial charge in [0, 0.05) is 23.9 Å². The van der Waals surface area contributed by atoms with Crippen LogP contribution in [0.25, 0.3) is 16.9 Å². The molecule has 0 bridgehead atoms. The third-order valence-corrected chi connectivity index (χ3v) is 4.76. The van der Waals surface area contributed by atoms with E-state index in [1.54, 1.807) is 31.4 Å². The Morgan fingerprint density at radius 3 is 2.23 bits per heavy atom. The van der Waals surface area contributed by atoms with Crippen LogP contribution in [0.15, 0.2) is 91.1 Å². The fourth-order valence-corrected chi connectivity index (χ4v) is 3.16. The van der Waals surface area contributed by atoms with Gasteiger partial charge in [0.05, 0.1) is 18.5 Å².